The van der Waals surface area contributed by atoms with Gasteiger partial charge in [0.05, 0.1) is 23.0 Å². The third-order valence-corrected chi connectivity index (χ3v) is 6.52. The molecule has 4 atom stereocenters. The highest BCUT2D eigenvalue weighted by Gasteiger charge is 2.59. The quantitative estimate of drug-likeness (QED) is 0.217. The molecule has 5 rings (SSSR count). The maximum absolute atomic E-state index is 12.8. The van der Waals surface area contributed by atoms with Crippen LogP contribution in [-0.4, -0.2) is 28.0 Å². The second-order valence-electron chi connectivity index (χ2n) is 8.13. The van der Waals surface area contributed by atoms with Gasteiger partial charge in [0.2, 0.25) is 0 Å². The molecule has 2 aromatic carbocycles. The van der Waals surface area contributed by atoms with Gasteiger partial charge in [-0.1, -0.05) is 35.9 Å². The number of allylic oxidation sites excluding steroid dienone is 2. The Balaban J connectivity index is 1.39. The predicted molar refractivity (Wildman–Crippen MR) is 116 cm³/mol. The monoisotopic (exact) mass is 451 g/mol. The standard InChI is InChI=1S/C23H18ClN3O5/c24-17-5-1-13(2-6-17)12-32-19-8-7-18(27(30)31)10-16(19)11-25-26-22(28)20-14-3-4-15(9-14)21(20)23(26)29/h1-8,10-11,14-15,20-21H,9,12H2. The highest BCUT2D eigenvalue weighted by atomic mass is 35.5. The van der Waals surface area contributed by atoms with Gasteiger partial charge in [0.15, 0.2) is 0 Å². The van der Waals surface area contributed by atoms with Crippen molar-refractivity contribution in [3.63, 3.8) is 0 Å². The summed E-state index contributed by atoms with van der Waals surface area (Å²) in [6, 6.07) is 11.2. The van der Waals surface area contributed by atoms with Gasteiger partial charge in [-0.3, -0.25) is 19.7 Å². The molecule has 2 fully saturated rings. The van der Waals surface area contributed by atoms with E-state index in [1.807, 2.05) is 24.3 Å². The van der Waals surface area contributed by atoms with Crippen LogP contribution in [-0.2, 0) is 16.2 Å². The topological polar surface area (TPSA) is 102 Å². The maximum atomic E-state index is 12.8. The minimum absolute atomic E-state index is 0.0812. The number of nitro groups is 1. The van der Waals surface area contributed by atoms with E-state index in [0.717, 1.165) is 17.0 Å². The van der Waals surface area contributed by atoms with E-state index in [1.54, 1.807) is 12.1 Å². The molecule has 0 aromatic heterocycles. The minimum atomic E-state index is -0.528. The van der Waals surface area contributed by atoms with Crippen LogP contribution in [0.2, 0.25) is 5.02 Å². The normalized spacial score (nSPS) is 25.7. The number of halogens is 1. The van der Waals surface area contributed by atoms with Gasteiger partial charge in [-0.05, 0) is 42.0 Å². The summed E-state index contributed by atoms with van der Waals surface area (Å²) >= 11 is 5.90. The zero-order valence-electron chi connectivity index (χ0n) is 16.8. The molecule has 4 unspecified atom stereocenters. The predicted octanol–water partition coefficient (Wildman–Crippen LogP) is 3.97. The highest BCUT2D eigenvalue weighted by molar-refractivity contribution is 6.30. The molecule has 2 bridgehead atoms. The van der Waals surface area contributed by atoms with Gasteiger partial charge in [-0.15, -0.1) is 0 Å². The average Bonchev–Trinajstić information content (AvgIpc) is 3.46. The molecule has 0 spiro atoms. The number of hydrazone groups is 1. The molecule has 3 aliphatic rings. The Labute approximate surface area is 188 Å². The largest absolute Gasteiger partial charge is 0.488 e. The van der Waals surface area contributed by atoms with Gasteiger partial charge in [-0.2, -0.15) is 10.1 Å². The van der Waals surface area contributed by atoms with Gasteiger partial charge >= 0.3 is 0 Å². The number of nitrogens with zero attached hydrogens (tertiary/aromatic N) is 3. The van der Waals surface area contributed by atoms with Gasteiger partial charge in [-0.25, -0.2) is 0 Å². The Bertz CT molecular complexity index is 1150. The van der Waals surface area contributed by atoms with Crippen molar-refractivity contribution in [2.45, 2.75) is 13.0 Å². The van der Waals surface area contributed by atoms with Crippen LogP contribution >= 0.6 is 11.6 Å². The third-order valence-electron chi connectivity index (χ3n) is 6.27. The zero-order valence-corrected chi connectivity index (χ0v) is 17.5. The number of rotatable bonds is 6. The van der Waals surface area contributed by atoms with E-state index in [2.05, 4.69) is 5.10 Å². The van der Waals surface area contributed by atoms with Crippen molar-refractivity contribution in [3.8, 4) is 5.75 Å². The van der Waals surface area contributed by atoms with Crippen LogP contribution in [0.15, 0.2) is 59.7 Å². The molecule has 1 heterocycles. The van der Waals surface area contributed by atoms with Gasteiger partial charge in [0.1, 0.15) is 12.4 Å². The second kappa shape index (κ2) is 7.87. The molecule has 2 aromatic rings. The summed E-state index contributed by atoms with van der Waals surface area (Å²) in [6.07, 6.45) is 6.12. The Kier molecular flexibility index (Phi) is 5.01. The number of imide groups is 1. The van der Waals surface area contributed by atoms with Crippen LogP contribution in [0, 0.1) is 33.8 Å². The van der Waals surface area contributed by atoms with Crippen LogP contribution in [0.25, 0.3) is 0 Å². The summed E-state index contributed by atoms with van der Waals surface area (Å²) in [7, 11) is 0. The first-order valence-corrected chi connectivity index (χ1v) is 10.6. The number of carbonyl (C=O) groups excluding carboxylic acids is 2. The lowest BCUT2D eigenvalue weighted by atomic mass is 9.85. The number of hydrogen-bond donors (Lipinski definition) is 0. The van der Waals surface area contributed by atoms with Crippen molar-refractivity contribution in [3.05, 3.63) is 80.9 Å². The first-order valence-electron chi connectivity index (χ1n) is 10.2. The fraction of sp³-hybridized carbons (Fsp3) is 0.261. The molecule has 1 saturated heterocycles. The van der Waals surface area contributed by atoms with E-state index < -0.39 is 4.92 Å². The number of non-ortho nitro benzene ring substituents is 1. The van der Waals surface area contributed by atoms with Crippen molar-refractivity contribution in [2.24, 2.45) is 28.8 Å². The molecule has 2 aliphatic carbocycles. The summed E-state index contributed by atoms with van der Waals surface area (Å²) in [5, 5.41) is 16.9. The van der Waals surface area contributed by atoms with Gasteiger partial charge in [0.25, 0.3) is 17.5 Å². The molecule has 0 radical (unpaired) electrons. The first-order chi connectivity index (χ1) is 15.4. The van der Waals surface area contributed by atoms with Crippen molar-refractivity contribution < 1.29 is 19.2 Å². The minimum Gasteiger partial charge on any atom is -0.488 e. The van der Waals surface area contributed by atoms with E-state index in [4.69, 9.17) is 16.3 Å². The number of benzene rings is 2. The number of fused-ring (bicyclic) bond motifs is 5. The molecular weight excluding hydrogens is 434 g/mol. The maximum Gasteiger partial charge on any atom is 0.270 e. The van der Waals surface area contributed by atoms with Gasteiger partial charge in [0, 0.05) is 22.7 Å². The molecule has 9 heteroatoms. The van der Waals surface area contributed by atoms with Crippen LogP contribution in [0.3, 0.4) is 0 Å². The molecule has 0 N–H and O–H groups in total. The van der Waals surface area contributed by atoms with Crippen LogP contribution < -0.4 is 4.74 Å². The molecular formula is C23H18ClN3O5. The number of amides is 2. The lowest BCUT2D eigenvalue weighted by Crippen LogP contribution is -2.28. The van der Waals surface area contributed by atoms with E-state index in [-0.39, 0.29) is 47.8 Å². The summed E-state index contributed by atoms with van der Waals surface area (Å²) in [5.41, 5.74) is 1.01. The first kappa shape index (κ1) is 20.4. The van der Waals surface area contributed by atoms with E-state index >= 15 is 0 Å². The van der Waals surface area contributed by atoms with Gasteiger partial charge < -0.3 is 4.74 Å². The van der Waals surface area contributed by atoms with Crippen molar-refractivity contribution in [1.29, 1.82) is 0 Å². The molecule has 1 aliphatic heterocycles. The number of nitro benzene ring substituents is 1. The molecule has 8 nitrogen and oxygen atoms in total. The number of carbonyl (C=O) groups is 2. The third kappa shape index (κ3) is 3.46. The van der Waals surface area contributed by atoms with Crippen molar-refractivity contribution in [1.82, 2.24) is 5.01 Å². The highest BCUT2D eigenvalue weighted by Crippen LogP contribution is 2.52. The number of ether oxygens (including phenoxy) is 1. The molecule has 32 heavy (non-hydrogen) atoms. The summed E-state index contributed by atoms with van der Waals surface area (Å²) in [5.74, 6) is -0.851. The summed E-state index contributed by atoms with van der Waals surface area (Å²) < 4.78 is 5.83. The van der Waals surface area contributed by atoms with E-state index in [1.165, 1.54) is 24.4 Å². The second-order valence-corrected chi connectivity index (χ2v) is 8.56. The van der Waals surface area contributed by atoms with Crippen molar-refractivity contribution in [2.75, 3.05) is 0 Å². The Morgan fingerprint density at radius 3 is 2.38 bits per heavy atom. The summed E-state index contributed by atoms with van der Waals surface area (Å²) in [6.45, 7) is 0.205. The average molecular weight is 452 g/mol. The van der Waals surface area contributed by atoms with Crippen LogP contribution in [0.5, 0.6) is 5.75 Å². The van der Waals surface area contributed by atoms with Crippen molar-refractivity contribution >= 4 is 35.3 Å². The Hall–Kier alpha value is -3.52. The van der Waals surface area contributed by atoms with Crippen LogP contribution in [0.4, 0.5) is 5.69 Å². The Morgan fingerprint density at radius 1 is 1.09 bits per heavy atom. The summed E-state index contributed by atoms with van der Waals surface area (Å²) in [4.78, 5) is 36.3. The smallest absolute Gasteiger partial charge is 0.270 e. The lowest BCUT2D eigenvalue weighted by molar-refractivity contribution is -0.384. The van der Waals surface area contributed by atoms with E-state index in [9.17, 15) is 19.7 Å². The molecule has 2 amide bonds. The molecule has 1 saturated carbocycles. The SMILES string of the molecule is O=C1C2C3C=CC(C3)C2C(=O)N1N=Cc1cc([N+](=O)[O-])ccc1OCc1ccc(Cl)cc1. The Morgan fingerprint density at radius 2 is 1.75 bits per heavy atom. The fourth-order valence-corrected chi connectivity index (χ4v) is 4.87. The molecule has 162 valence electrons. The number of hydrogen-bond acceptors (Lipinski definition) is 6. The van der Waals surface area contributed by atoms with Crippen LogP contribution in [0.1, 0.15) is 17.5 Å². The lowest BCUT2D eigenvalue weighted by Gasteiger charge is -2.13. The van der Waals surface area contributed by atoms with E-state index in [0.29, 0.717) is 16.3 Å². The fourth-order valence-electron chi connectivity index (χ4n) is 4.74. The zero-order chi connectivity index (χ0) is 22.4.